The maximum Gasteiger partial charge on any atom is 0.0588 e. The zero-order valence-corrected chi connectivity index (χ0v) is 11.3. The average molecular weight is 221 g/mol. The molecule has 0 saturated heterocycles. The summed E-state index contributed by atoms with van der Waals surface area (Å²) in [7, 11) is 0. The summed E-state index contributed by atoms with van der Waals surface area (Å²) in [5.41, 5.74) is 5.23. The first-order valence-corrected chi connectivity index (χ1v) is 6.27. The van der Waals surface area contributed by atoms with Gasteiger partial charge in [0.2, 0.25) is 0 Å². The predicted octanol–water partition coefficient (Wildman–Crippen LogP) is 2.83. The highest BCUT2D eigenvalue weighted by Gasteiger charge is 1.87. The van der Waals surface area contributed by atoms with Crippen molar-refractivity contribution in [2.75, 3.05) is 33.0 Å². The summed E-state index contributed by atoms with van der Waals surface area (Å²) in [6, 6.07) is 0. The van der Waals surface area contributed by atoms with Gasteiger partial charge in [0.25, 0.3) is 0 Å². The fraction of sp³-hybridized carbons (Fsp3) is 1.00. The first-order chi connectivity index (χ1) is 7.41. The van der Waals surface area contributed by atoms with Crippen LogP contribution in [0.4, 0.5) is 0 Å². The van der Waals surface area contributed by atoms with Gasteiger partial charge in [-0.1, -0.05) is 34.6 Å². The summed E-state index contributed by atoms with van der Waals surface area (Å²) >= 11 is 0. The maximum absolute atomic E-state index is 5.25. The molecule has 0 radical (unpaired) electrons. The van der Waals surface area contributed by atoms with Crippen LogP contribution in [0.5, 0.6) is 0 Å². The molecule has 2 N–H and O–H groups in total. The normalized spacial score (nSPS) is 8.40. The summed E-state index contributed by atoms with van der Waals surface area (Å²) < 4.78 is 10.4. The Balaban J connectivity index is -0.000000318. The third-order valence-electron chi connectivity index (χ3n) is 1.19. The molecule has 0 aliphatic rings. The minimum absolute atomic E-state index is 0.607. The zero-order chi connectivity index (χ0) is 12.4. The highest BCUT2D eigenvalue weighted by atomic mass is 16.5. The minimum Gasteiger partial charge on any atom is -0.381 e. The molecule has 0 aromatic heterocycles. The lowest BCUT2D eigenvalue weighted by Crippen LogP contribution is -2.10. The van der Waals surface area contributed by atoms with E-state index >= 15 is 0 Å². The van der Waals surface area contributed by atoms with Crippen LogP contribution in [0.25, 0.3) is 0 Å². The van der Waals surface area contributed by atoms with Gasteiger partial charge in [-0.2, -0.15) is 0 Å². The Morgan fingerprint density at radius 1 is 0.800 bits per heavy atom. The van der Waals surface area contributed by atoms with Crippen molar-refractivity contribution < 1.29 is 9.47 Å². The molecule has 0 aromatic carbocycles. The number of hydrogen-bond donors (Lipinski definition) is 1. The van der Waals surface area contributed by atoms with Crippen LogP contribution in [-0.2, 0) is 9.47 Å². The fourth-order valence-corrected chi connectivity index (χ4v) is 0.695. The van der Waals surface area contributed by atoms with Gasteiger partial charge in [0, 0.05) is 26.4 Å². The van der Waals surface area contributed by atoms with Gasteiger partial charge < -0.3 is 15.2 Å². The van der Waals surface area contributed by atoms with Crippen molar-refractivity contribution in [1.82, 2.24) is 0 Å². The van der Waals surface area contributed by atoms with Gasteiger partial charge in [-0.15, -0.1) is 0 Å². The molecule has 0 heterocycles. The molecule has 0 aliphatic heterocycles. The molecular formula is C12H31NO2. The van der Waals surface area contributed by atoms with E-state index in [4.69, 9.17) is 15.2 Å². The smallest absolute Gasteiger partial charge is 0.0588 e. The highest BCUT2D eigenvalue weighted by Crippen LogP contribution is 1.86. The second-order valence-corrected chi connectivity index (χ2v) is 2.37. The zero-order valence-electron chi connectivity index (χ0n) is 11.3. The van der Waals surface area contributed by atoms with Gasteiger partial charge in [-0.05, 0) is 12.8 Å². The molecule has 0 saturated carbocycles. The largest absolute Gasteiger partial charge is 0.381 e. The third-order valence-corrected chi connectivity index (χ3v) is 1.19. The van der Waals surface area contributed by atoms with E-state index in [1.165, 1.54) is 0 Å². The molecule has 0 rings (SSSR count). The molecule has 96 valence electrons. The van der Waals surface area contributed by atoms with Crippen molar-refractivity contribution in [3.63, 3.8) is 0 Å². The average Bonchev–Trinajstić information content (AvgIpc) is 2.33. The highest BCUT2D eigenvalue weighted by molar-refractivity contribution is 4.36. The van der Waals surface area contributed by atoms with E-state index in [-0.39, 0.29) is 0 Å². The number of ether oxygens (including phenoxy) is 2. The standard InChI is InChI=1S/C8H19NO2.2C2H6/c1-2-5-10-6-3-7-11-8-4-9;2*1-2/h2-9H2,1H3;2*1-2H3. The number of hydrogen-bond acceptors (Lipinski definition) is 3. The topological polar surface area (TPSA) is 44.5 Å². The van der Waals surface area contributed by atoms with Crippen LogP contribution in [-0.4, -0.2) is 33.0 Å². The van der Waals surface area contributed by atoms with Gasteiger partial charge in [-0.3, -0.25) is 0 Å². The summed E-state index contributed by atoms with van der Waals surface area (Å²) in [5.74, 6) is 0. The van der Waals surface area contributed by atoms with E-state index in [1.807, 2.05) is 27.7 Å². The van der Waals surface area contributed by atoms with E-state index in [0.29, 0.717) is 13.2 Å². The van der Waals surface area contributed by atoms with Gasteiger partial charge >= 0.3 is 0 Å². The summed E-state index contributed by atoms with van der Waals surface area (Å²) in [6.07, 6.45) is 2.06. The minimum atomic E-state index is 0.607. The third kappa shape index (κ3) is 31.5. The van der Waals surface area contributed by atoms with Crippen molar-refractivity contribution in [2.45, 2.75) is 47.5 Å². The van der Waals surface area contributed by atoms with E-state index < -0.39 is 0 Å². The lowest BCUT2D eigenvalue weighted by atomic mass is 10.5. The SMILES string of the molecule is CC.CC.CCCOCCCOCCN. The lowest BCUT2D eigenvalue weighted by molar-refractivity contribution is 0.0860. The Labute approximate surface area is 96.3 Å². The second kappa shape index (κ2) is 29.2. The molecular weight excluding hydrogens is 190 g/mol. The summed E-state index contributed by atoms with van der Waals surface area (Å²) in [4.78, 5) is 0. The van der Waals surface area contributed by atoms with Crippen LogP contribution in [0.15, 0.2) is 0 Å². The molecule has 0 aliphatic carbocycles. The first-order valence-electron chi connectivity index (χ1n) is 6.27. The quantitative estimate of drug-likeness (QED) is 0.641. The second-order valence-electron chi connectivity index (χ2n) is 2.37. The van der Waals surface area contributed by atoms with Gasteiger partial charge in [0.1, 0.15) is 0 Å². The number of nitrogens with two attached hydrogens (primary N) is 1. The summed E-state index contributed by atoms with van der Waals surface area (Å²) in [5, 5.41) is 0. The van der Waals surface area contributed by atoms with E-state index in [9.17, 15) is 0 Å². The molecule has 15 heavy (non-hydrogen) atoms. The molecule has 3 nitrogen and oxygen atoms in total. The maximum atomic E-state index is 5.25. The van der Waals surface area contributed by atoms with E-state index in [2.05, 4.69) is 6.92 Å². The van der Waals surface area contributed by atoms with Gasteiger partial charge in [-0.25, -0.2) is 0 Å². The Kier molecular flexibility index (Phi) is 39.5. The van der Waals surface area contributed by atoms with Gasteiger partial charge in [0.15, 0.2) is 0 Å². The lowest BCUT2D eigenvalue weighted by Gasteiger charge is -2.02. The monoisotopic (exact) mass is 221 g/mol. The van der Waals surface area contributed by atoms with Crippen LogP contribution < -0.4 is 5.73 Å². The molecule has 0 atom stereocenters. The fourth-order valence-electron chi connectivity index (χ4n) is 0.695. The van der Waals surface area contributed by atoms with Crippen molar-refractivity contribution in [3.05, 3.63) is 0 Å². The Bertz CT molecular complexity index is 62.6. The Hall–Kier alpha value is -0.120. The summed E-state index contributed by atoms with van der Waals surface area (Å²) in [6.45, 7) is 13.8. The molecule has 0 unspecified atom stereocenters. The first kappa shape index (κ1) is 20.3. The van der Waals surface area contributed by atoms with Crippen LogP contribution in [0.1, 0.15) is 47.5 Å². The van der Waals surface area contributed by atoms with Crippen molar-refractivity contribution in [1.29, 1.82) is 0 Å². The Morgan fingerprint density at radius 2 is 1.27 bits per heavy atom. The van der Waals surface area contributed by atoms with Gasteiger partial charge in [0.05, 0.1) is 6.61 Å². The molecule has 3 heteroatoms. The van der Waals surface area contributed by atoms with Crippen molar-refractivity contribution in [3.8, 4) is 0 Å². The molecule has 0 aromatic rings. The molecule has 0 amide bonds. The van der Waals surface area contributed by atoms with E-state index in [0.717, 1.165) is 32.7 Å². The molecule has 0 spiro atoms. The van der Waals surface area contributed by atoms with Crippen molar-refractivity contribution in [2.24, 2.45) is 5.73 Å². The van der Waals surface area contributed by atoms with Crippen molar-refractivity contribution >= 4 is 0 Å². The van der Waals surface area contributed by atoms with E-state index in [1.54, 1.807) is 0 Å². The molecule has 0 bridgehead atoms. The molecule has 0 fully saturated rings. The van der Waals surface area contributed by atoms with Crippen LogP contribution in [0.2, 0.25) is 0 Å². The van der Waals surface area contributed by atoms with Crippen LogP contribution >= 0.6 is 0 Å². The van der Waals surface area contributed by atoms with Crippen LogP contribution in [0, 0.1) is 0 Å². The van der Waals surface area contributed by atoms with Crippen LogP contribution in [0.3, 0.4) is 0 Å². The number of rotatable bonds is 8. The Morgan fingerprint density at radius 3 is 1.67 bits per heavy atom. The predicted molar refractivity (Wildman–Crippen MR) is 68.3 cm³/mol.